The van der Waals surface area contributed by atoms with Crippen molar-refractivity contribution in [3.63, 3.8) is 0 Å². The Morgan fingerprint density at radius 1 is 0.667 bits per heavy atom. The smallest absolute Gasteiger partial charge is 0.328 e. The van der Waals surface area contributed by atoms with Crippen molar-refractivity contribution in [1.29, 1.82) is 0 Å². The molecule has 416 valence electrons. The lowest BCUT2D eigenvalue weighted by Gasteiger charge is -2.29. The molecule has 11 atom stereocenters. The number of carbonyl (C=O) groups is 10. The van der Waals surface area contributed by atoms with Gasteiger partial charge in [0.1, 0.15) is 48.3 Å². The van der Waals surface area contributed by atoms with Crippen LogP contribution in [0.5, 0.6) is 0 Å². The number of aliphatic imine (C=N–C) groups is 1. The first-order valence-electron chi connectivity index (χ1n) is 24.3. The van der Waals surface area contributed by atoms with E-state index in [1.807, 2.05) is 0 Å². The molecule has 0 unspecified atom stereocenters. The van der Waals surface area contributed by atoms with E-state index in [1.165, 1.54) is 19.4 Å². The minimum atomic E-state index is -1.73. The van der Waals surface area contributed by atoms with E-state index in [0.717, 1.165) is 6.92 Å². The third kappa shape index (κ3) is 22.5. The maximum Gasteiger partial charge on any atom is 0.328 e. The van der Waals surface area contributed by atoms with Crippen LogP contribution in [0, 0.1) is 11.8 Å². The zero-order valence-corrected chi connectivity index (χ0v) is 43.0. The molecular weight excluding hydrogens is 983 g/mol. The molecule has 9 amide bonds. The standard InChI is InChI=1S/C47H75N15O13/c1-7-24(4)36(61-43(71)32(17-27-12-9-8-10-13-27)59-42(70)34(19-35(49)65)60-41(69)31(16-23(2)3)58-39(67)29(48)21-63)45(73)56-30(14-11-15-53-47(50)51)40(68)55-25(5)38(66)57-33(18-28-20-52-22-54-28)44(72)62-37(26(6)64)46(74)75/h8-10,12-13,20,22-26,29-34,36-37,63-64H,7,11,14-19,21,48H2,1-6H3,(H2,49,65)(H,52,54)(H,55,68)(H,56,73)(H,57,66)(H,58,67)(H,59,70)(H,60,69)(H,61,71)(H,62,72)(H,74,75)(H4,50,51,53)/t24-,25-,26+,29-,30-,31-,32-,33-,34-,36-,37-/m0/s1. The molecule has 0 bridgehead atoms. The number of imidazole rings is 1. The molecule has 1 aromatic heterocycles. The lowest BCUT2D eigenvalue weighted by Crippen LogP contribution is -2.61. The monoisotopic (exact) mass is 1060 g/mol. The molecule has 1 aromatic carbocycles. The van der Waals surface area contributed by atoms with Crippen molar-refractivity contribution in [2.75, 3.05) is 13.2 Å². The number of aliphatic hydroxyl groups is 2. The number of aliphatic carboxylic acids is 1. The summed E-state index contributed by atoms with van der Waals surface area (Å²) in [6, 6.07) is -4.71. The minimum absolute atomic E-state index is 0.0146. The van der Waals surface area contributed by atoms with E-state index in [-0.39, 0.29) is 50.5 Å². The van der Waals surface area contributed by atoms with E-state index in [9.17, 15) is 63.3 Å². The summed E-state index contributed by atoms with van der Waals surface area (Å²) < 4.78 is 0. The predicted molar refractivity (Wildman–Crippen MR) is 271 cm³/mol. The van der Waals surface area contributed by atoms with Gasteiger partial charge in [-0.1, -0.05) is 64.4 Å². The van der Waals surface area contributed by atoms with E-state index >= 15 is 0 Å². The molecule has 75 heavy (non-hydrogen) atoms. The third-order valence-corrected chi connectivity index (χ3v) is 11.6. The Kier molecular flexibility index (Phi) is 26.9. The fraction of sp³-hybridized carbons (Fsp3) is 0.574. The van der Waals surface area contributed by atoms with Crippen molar-refractivity contribution < 1.29 is 63.3 Å². The van der Waals surface area contributed by atoms with Crippen LogP contribution < -0.4 is 65.5 Å². The van der Waals surface area contributed by atoms with Crippen molar-refractivity contribution in [1.82, 2.24) is 52.5 Å². The molecule has 0 aliphatic heterocycles. The fourth-order valence-electron chi connectivity index (χ4n) is 7.21. The van der Waals surface area contributed by atoms with E-state index in [4.69, 9.17) is 22.9 Å². The summed E-state index contributed by atoms with van der Waals surface area (Å²) in [5.74, 6) is -10.9. The molecule has 1 heterocycles. The quantitative estimate of drug-likeness (QED) is 0.0181. The Morgan fingerprint density at radius 2 is 1.20 bits per heavy atom. The SMILES string of the molecule is CC[C@H](C)[C@H](NC(=O)[C@H](Cc1ccccc1)NC(=O)[C@H](CC(N)=O)NC(=O)[C@H](CC(C)C)NC(=O)[C@@H](N)CO)C(=O)N[C@@H](CCCN=C(N)N)C(=O)N[C@@H](C)C(=O)N[C@@H](Cc1cnc[nH]1)C(=O)N[C@H](C(=O)O)[C@@H](C)O. The summed E-state index contributed by atoms with van der Waals surface area (Å²) in [6.45, 7) is 8.62. The van der Waals surface area contributed by atoms with Crippen molar-refractivity contribution in [2.45, 2.75) is 147 Å². The van der Waals surface area contributed by atoms with Gasteiger partial charge >= 0.3 is 5.97 Å². The molecule has 0 fully saturated rings. The number of hydrogen-bond donors (Lipinski definition) is 16. The summed E-state index contributed by atoms with van der Waals surface area (Å²) in [4.78, 5) is 144. The zero-order valence-electron chi connectivity index (χ0n) is 43.0. The second-order valence-corrected chi connectivity index (χ2v) is 18.5. The Bertz CT molecular complexity index is 2260. The van der Waals surface area contributed by atoms with E-state index in [2.05, 4.69) is 57.5 Å². The molecule has 2 aromatic rings. The molecule has 0 radical (unpaired) electrons. The van der Waals surface area contributed by atoms with Gasteiger partial charge in [0.15, 0.2) is 12.0 Å². The number of guanidine groups is 1. The van der Waals surface area contributed by atoms with Crippen LogP contribution in [-0.2, 0) is 60.8 Å². The second kappa shape index (κ2) is 31.8. The molecule has 20 N–H and O–H groups in total. The summed E-state index contributed by atoms with van der Waals surface area (Å²) in [6.07, 6.45) is 0.415. The number of carbonyl (C=O) groups excluding carboxylic acids is 9. The van der Waals surface area contributed by atoms with Gasteiger partial charge in [-0.3, -0.25) is 48.1 Å². The van der Waals surface area contributed by atoms with Gasteiger partial charge in [0.25, 0.3) is 0 Å². The van der Waals surface area contributed by atoms with Gasteiger partial charge in [0.05, 0.1) is 25.5 Å². The average Bonchev–Trinajstić information content (AvgIpc) is 3.87. The number of primary amides is 1. The summed E-state index contributed by atoms with van der Waals surface area (Å²) in [5.41, 5.74) is 23.0. The number of carboxylic acid groups (broad SMARTS) is 1. The van der Waals surface area contributed by atoms with Crippen LogP contribution in [0.25, 0.3) is 0 Å². The number of aromatic amines is 1. The van der Waals surface area contributed by atoms with Gasteiger partial charge < -0.3 is 85.8 Å². The lowest BCUT2D eigenvalue weighted by molar-refractivity contribution is -0.145. The normalized spacial score (nSPS) is 15.5. The Balaban J connectivity index is 2.46. The summed E-state index contributed by atoms with van der Waals surface area (Å²) in [5, 5.41) is 48.8. The first kappa shape index (κ1) is 63.4. The van der Waals surface area contributed by atoms with Crippen LogP contribution in [0.3, 0.4) is 0 Å². The number of hydrogen-bond acceptors (Lipinski definition) is 15. The molecule has 28 heteroatoms. The number of aliphatic hydroxyl groups excluding tert-OH is 2. The van der Waals surface area contributed by atoms with Gasteiger partial charge in [-0.05, 0) is 50.5 Å². The molecule has 28 nitrogen and oxygen atoms in total. The molecule has 0 saturated heterocycles. The van der Waals surface area contributed by atoms with Crippen LogP contribution in [0.1, 0.15) is 84.9 Å². The fourth-order valence-corrected chi connectivity index (χ4v) is 7.21. The molecular formula is C47H75N15O13. The number of benzene rings is 1. The van der Waals surface area contributed by atoms with Crippen LogP contribution in [0.2, 0.25) is 0 Å². The minimum Gasteiger partial charge on any atom is -0.480 e. The zero-order chi connectivity index (χ0) is 56.5. The third-order valence-electron chi connectivity index (χ3n) is 11.6. The lowest BCUT2D eigenvalue weighted by atomic mass is 9.96. The molecule has 0 aliphatic carbocycles. The van der Waals surface area contributed by atoms with Crippen molar-refractivity contribution in [3.8, 4) is 0 Å². The molecule has 0 spiro atoms. The second-order valence-electron chi connectivity index (χ2n) is 18.5. The topological polar surface area (TPSA) is 473 Å². The summed E-state index contributed by atoms with van der Waals surface area (Å²) in [7, 11) is 0. The molecule has 0 saturated carbocycles. The van der Waals surface area contributed by atoms with Gasteiger partial charge in [0, 0.05) is 31.3 Å². The maximum atomic E-state index is 14.4. The number of nitrogens with two attached hydrogens (primary N) is 4. The van der Waals surface area contributed by atoms with Crippen molar-refractivity contribution in [2.24, 2.45) is 39.8 Å². The Labute approximate surface area is 433 Å². The first-order valence-corrected chi connectivity index (χ1v) is 24.3. The highest BCUT2D eigenvalue weighted by molar-refractivity contribution is 5.99. The van der Waals surface area contributed by atoms with E-state index in [0.29, 0.717) is 17.7 Å². The van der Waals surface area contributed by atoms with Gasteiger partial charge in [-0.15, -0.1) is 0 Å². The first-order chi connectivity index (χ1) is 35.3. The van der Waals surface area contributed by atoms with Gasteiger partial charge in [-0.2, -0.15) is 0 Å². The average molecular weight is 1060 g/mol. The summed E-state index contributed by atoms with van der Waals surface area (Å²) >= 11 is 0. The maximum absolute atomic E-state index is 14.4. The van der Waals surface area contributed by atoms with Gasteiger partial charge in [0.2, 0.25) is 53.2 Å². The number of H-pyrrole nitrogens is 1. The highest BCUT2D eigenvalue weighted by Crippen LogP contribution is 2.13. The van der Waals surface area contributed by atoms with Crippen LogP contribution in [0.4, 0.5) is 0 Å². The van der Waals surface area contributed by atoms with Crippen molar-refractivity contribution >= 4 is 65.1 Å². The van der Waals surface area contributed by atoms with E-state index in [1.54, 1.807) is 58.0 Å². The number of rotatable bonds is 33. The Morgan fingerprint density at radius 3 is 1.73 bits per heavy atom. The predicted octanol–water partition coefficient (Wildman–Crippen LogP) is -5.10. The van der Waals surface area contributed by atoms with Crippen LogP contribution in [0.15, 0.2) is 47.8 Å². The molecule has 0 aliphatic rings. The van der Waals surface area contributed by atoms with Crippen LogP contribution >= 0.6 is 0 Å². The largest absolute Gasteiger partial charge is 0.480 e. The van der Waals surface area contributed by atoms with Gasteiger partial charge in [-0.25, -0.2) is 9.78 Å². The number of carboxylic acids is 1. The number of nitrogens with one attached hydrogen (secondary N) is 9. The highest BCUT2D eigenvalue weighted by Gasteiger charge is 2.36. The van der Waals surface area contributed by atoms with Crippen LogP contribution in [-0.4, -0.2) is 164 Å². The van der Waals surface area contributed by atoms with Crippen molar-refractivity contribution in [3.05, 3.63) is 54.1 Å². The highest BCUT2D eigenvalue weighted by atomic mass is 16.4. The Hall–Kier alpha value is -7.72. The van der Waals surface area contributed by atoms with E-state index < -0.39 is 139 Å². The number of aromatic nitrogens is 2. The molecule has 2 rings (SSSR count). The number of amides is 9. The number of nitrogens with zero attached hydrogens (tertiary/aromatic N) is 2.